The Labute approximate surface area is 131 Å². The van der Waals surface area contributed by atoms with Crippen molar-refractivity contribution in [2.45, 2.75) is 13.0 Å². The molecule has 0 radical (unpaired) electrons. The Balaban J connectivity index is 1.98. The predicted molar refractivity (Wildman–Crippen MR) is 92.5 cm³/mol. The molecule has 0 spiro atoms. The van der Waals surface area contributed by atoms with Crippen molar-refractivity contribution >= 4 is 11.5 Å². The zero-order chi connectivity index (χ0) is 15.4. The van der Waals surface area contributed by atoms with Gasteiger partial charge in [-0.15, -0.1) is 0 Å². The van der Waals surface area contributed by atoms with Crippen LogP contribution in [0.3, 0.4) is 0 Å². The van der Waals surface area contributed by atoms with E-state index in [1.54, 1.807) is 0 Å². The molecule has 2 aromatic carbocycles. The van der Waals surface area contributed by atoms with Crippen LogP contribution >= 0.6 is 0 Å². The summed E-state index contributed by atoms with van der Waals surface area (Å²) in [6, 6.07) is 20.7. The van der Waals surface area contributed by atoms with Crippen LogP contribution in [0.4, 0.5) is 0 Å². The highest BCUT2D eigenvalue weighted by molar-refractivity contribution is 6.04. The maximum Gasteiger partial charge on any atom is 0.133 e. The fourth-order valence-electron chi connectivity index (χ4n) is 2.52. The molecule has 22 heavy (non-hydrogen) atoms. The van der Waals surface area contributed by atoms with Gasteiger partial charge in [0.25, 0.3) is 0 Å². The van der Waals surface area contributed by atoms with Gasteiger partial charge in [0.15, 0.2) is 0 Å². The van der Waals surface area contributed by atoms with E-state index >= 15 is 0 Å². The molecule has 0 aliphatic carbocycles. The standard InChI is InChI=1S/C19H21N3/c1-14(13-20)17-12-18(15-8-4-2-5-9-15)22-19(21-17)16-10-6-3-7-11-16/h2-12,14,17H,13,20H2,1H3,(H,21,22). The van der Waals surface area contributed by atoms with E-state index in [9.17, 15) is 0 Å². The lowest BCUT2D eigenvalue weighted by Gasteiger charge is -2.25. The summed E-state index contributed by atoms with van der Waals surface area (Å²) in [5.74, 6) is 1.21. The van der Waals surface area contributed by atoms with Gasteiger partial charge in [0.1, 0.15) is 5.84 Å². The average molecular weight is 291 g/mol. The third-order valence-corrected chi connectivity index (χ3v) is 3.96. The molecule has 3 heteroatoms. The van der Waals surface area contributed by atoms with Crippen molar-refractivity contribution < 1.29 is 0 Å². The summed E-state index contributed by atoms with van der Waals surface area (Å²) < 4.78 is 0. The summed E-state index contributed by atoms with van der Waals surface area (Å²) in [4.78, 5) is 4.85. The van der Waals surface area contributed by atoms with E-state index in [-0.39, 0.29) is 6.04 Å². The molecular formula is C19H21N3. The third-order valence-electron chi connectivity index (χ3n) is 3.96. The SMILES string of the molecule is CC(CN)C1C=C(c2ccccc2)NC(c2ccccc2)=N1. The Bertz CT molecular complexity index is 619. The Kier molecular flexibility index (Phi) is 4.35. The highest BCUT2D eigenvalue weighted by atomic mass is 15.0. The number of hydrogen-bond donors (Lipinski definition) is 2. The number of benzene rings is 2. The average Bonchev–Trinajstić information content (AvgIpc) is 2.62. The van der Waals surface area contributed by atoms with Gasteiger partial charge in [-0.25, -0.2) is 0 Å². The van der Waals surface area contributed by atoms with Crippen molar-refractivity contribution in [3.63, 3.8) is 0 Å². The van der Waals surface area contributed by atoms with E-state index in [0.717, 1.165) is 17.1 Å². The minimum absolute atomic E-state index is 0.0941. The van der Waals surface area contributed by atoms with Gasteiger partial charge in [0, 0.05) is 11.3 Å². The second-order valence-corrected chi connectivity index (χ2v) is 5.62. The molecule has 1 heterocycles. The normalized spacial score (nSPS) is 18.9. The Morgan fingerprint density at radius 3 is 2.18 bits per heavy atom. The van der Waals surface area contributed by atoms with Crippen molar-refractivity contribution in [2.24, 2.45) is 16.6 Å². The second-order valence-electron chi connectivity index (χ2n) is 5.62. The summed E-state index contributed by atoms with van der Waals surface area (Å²) in [5.41, 5.74) is 9.21. The van der Waals surface area contributed by atoms with Crippen LogP contribution in [-0.2, 0) is 0 Å². The van der Waals surface area contributed by atoms with Gasteiger partial charge < -0.3 is 11.1 Å². The van der Waals surface area contributed by atoms with Gasteiger partial charge in [0.05, 0.1) is 6.04 Å². The van der Waals surface area contributed by atoms with Crippen molar-refractivity contribution in [1.82, 2.24) is 5.32 Å². The lowest BCUT2D eigenvalue weighted by atomic mass is 9.97. The number of amidine groups is 1. The third kappa shape index (κ3) is 3.10. The van der Waals surface area contributed by atoms with Crippen molar-refractivity contribution in [3.05, 3.63) is 77.9 Å². The molecule has 0 bridgehead atoms. The van der Waals surface area contributed by atoms with Crippen LogP contribution in [0.1, 0.15) is 18.1 Å². The molecule has 0 saturated heterocycles. The van der Waals surface area contributed by atoms with Gasteiger partial charge in [-0.05, 0) is 24.1 Å². The second kappa shape index (κ2) is 6.58. The van der Waals surface area contributed by atoms with Crippen LogP contribution < -0.4 is 11.1 Å². The molecule has 3 N–H and O–H groups in total. The van der Waals surface area contributed by atoms with Gasteiger partial charge in [0.2, 0.25) is 0 Å². The van der Waals surface area contributed by atoms with Crippen molar-refractivity contribution in [1.29, 1.82) is 0 Å². The summed E-state index contributed by atoms with van der Waals surface area (Å²) in [5, 5.41) is 3.47. The van der Waals surface area contributed by atoms with Crippen LogP contribution in [0.15, 0.2) is 71.7 Å². The Morgan fingerprint density at radius 2 is 1.59 bits per heavy atom. The van der Waals surface area contributed by atoms with Crippen LogP contribution in [-0.4, -0.2) is 18.4 Å². The topological polar surface area (TPSA) is 50.4 Å². The largest absolute Gasteiger partial charge is 0.340 e. The summed E-state index contributed by atoms with van der Waals surface area (Å²) in [7, 11) is 0. The number of nitrogens with one attached hydrogen (secondary N) is 1. The van der Waals surface area contributed by atoms with E-state index < -0.39 is 0 Å². The molecule has 1 aliphatic heterocycles. The molecule has 0 saturated carbocycles. The molecule has 2 atom stereocenters. The highest BCUT2D eigenvalue weighted by Gasteiger charge is 2.21. The minimum Gasteiger partial charge on any atom is -0.340 e. The first-order chi connectivity index (χ1) is 10.8. The van der Waals surface area contributed by atoms with E-state index in [1.165, 1.54) is 5.56 Å². The van der Waals surface area contributed by atoms with E-state index in [4.69, 9.17) is 10.7 Å². The van der Waals surface area contributed by atoms with Gasteiger partial charge in [-0.2, -0.15) is 0 Å². The van der Waals surface area contributed by atoms with Gasteiger partial charge in [-0.1, -0.05) is 67.6 Å². The minimum atomic E-state index is 0.0941. The van der Waals surface area contributed by atoms with Crippen LogP contribution in [0.25, 0.3) is 5.70 Å². The molecule has 2 unspecified atom stereocenters. The lowest BCUT2D eigenvalue weighted by molar-refractivity contribution is 0.529. The number of nitrogens with two attached hydrogens (primary N) is 1. The van der Waals surface area contributed by atoms with E-state index in [1.807, 2.05) is 36.4 Å². The number of nitrogens with zero attached hydrogens (tertiary/aromatic N) is 1. The molecule has 0 fully saturated rings. The zero-order valence-corrected chi connectivity index (χ0v) is 12.7. The van der Waals surface area contributed by atoms with Crippen molar-refractivity contribution in [2.75, 3.05) is 6.54 Å². The highest BCUT2D eigenvalue weighted by Crippen LogP contribution is 2.22. The monoisotopic (exact) mass is 291 g/mol. The first-order valence-corrected chi connectivity index (χ1v) is 7.65. The maximum atomic E-state index is 5.85. The summed E-state index contributed by atoms with van der Waals surface area (Å²) >= 11 is 0. The fourth-order valence-corrected chi connectivity index (χ4v) is 2.52. The van der Waals surface area contributed by atoms with Crippen LogP contribution in [0, 0.1) is 5.92 Å². The molecule has 1 aliphatic rings. The molecule has 0 amide bonds. The smallest absolute Gasteiger partial charge is 0.133 e. The Hall–Kier alpha value is -2.39. The van der Waals surface area contributed by atoms with Gasteiger partial charge >= 0.3 is 0 Å². The fraction of sp³-hybridized carbons (Fsp3) is 0.211. The summed E-state index contributed by atoms with van der Waals surface area (Å²) in [6.45, 7) is 2.76. The van der Waals surface area contributed by atoms with Crippen LogP contribution in [0.2, 0.25) is 0 Å². The molecule has 3 rings (SSSR count). The van der Waals surface area contributed by atoms with E-state index in [2.05, 4.69) is 42.6 Å². The summed E-state index contributed by atoms with van der Waals surface area (Å²) in [6.07, 6.45) is 2.18. The van der Waals surface area contributed by atoms with E-state index in [0.29, 0.717) is 12.5 Å². The zero-order valence-electron chi connectivity index (χ0n) is 12.7. The predicted octanol–water partition coefficient (Wildman–Crippen LogP) is 3.04. The number of rotatable bonds is 4. The maximum absolute atomic E-state index is 5.85. The lowest BCUT2D eigenvalue weighted by Crippen LogP contribution is -2.34. The quantitative estimate of drug-likeness (QED) is 0.909. The molecular weight excluding hydrogens is 270 g/mol. The first kappa shape index (κ1) is 14.5. The molecule has 112 valence electrons. The number of aliphatic imine (C=N–C) groups is 1. The Morgan fingerprint density at radius 1 is 1.00 bits per heavy atom. The molecule has 0 aromatic heterocycles. The number of hydrogen-bond acceptors (Lipinski definition) is 3. The van der Waals surface area contributed by atoms with Crippen molar-refractivity contribution in [3.8, 4) is 0 Å². The van der Waals surface area contributed by atoms with Gasteiger partial charge in [-0.3, -0.25) is 4.99 Å². The van der Waals surface area contributed by atoms with Crippen LogP contribution in [0.5, 0.6) is 0 Å². The first-order valence-electron chi connectivity index (χ1n) is 7.65. The molecule has 3 nitrogen and oxygen atoms in total. The molecule has 2 aromatic rings.